The fourth-order valence-electron chi connectivity index (χ4n) is 8.01. The first kappa shape index (κ1) is 68.6. The molecule has 2 aromatic carbocycles. The number of fused-ring (bicyclic) bond motifs is 2. The summed E-state index contributed by atoms with van der Waals surface area (Å²) in [5, 5.41) is 28.6. The molecule has 466 valence electrons. The summed E-state index contributed by atoms with van der Waals surface area (Å²) < 4.78 is 141. The number of nitrogens with one attached hydrogen (secondary N) is 4. The van der Waals surface area contributed by atoms with E-state index in [9.17, 15) is 73.7 Å². The van der Waals surface area contributed by atoms with Crippen molar-refractivity contribution in [1.29, 1.82) is 5.41 Å². The van der Waals surface area contributed by atoms with Crippen LogP contribution in [0.1, 0.15) is 58.2 Å². The molecule has 1 saturated heterocycles. The zero-order chi connectivity index (χ0) is 63.4. The lowest BCUT2D eigenvalue weighted by atomic mass is 9.89. The number of urea groups is 1. The van der Waals surface area contributed by atoms with Crippen molar-refractivity contribution in [3.63, 3.8) is 0 Å². The van der Waals surface area contributed by atoms with E-state index in [-0.39, 0.29) is 64.5 Å². The van der Waals surface area contributed by atoms with Crippen molar-refractivity contribution < 1.29 is 110 Å². The predicted octanol–water partition coefficient (Wildman–Crippen LogP) is 3.49. The molecule has 3 aromatic rings. The van der Waals surface area contributed by atoms with Gasteiger partial charge in [-0.25, -0.2) is 28.1 Å². The molecule has 5 atom stereocenters. The highest BCUT2D eigenvalue weighted by Gasteiger charge is 2.44. The molecule has 3 unspecified atom stereocenters. The number of carbonyl (C=O) groups is 3. The van der Waals surface area contributed by atoms with E-state index >= 15 is 0 Å². The molecule has 0 bridgehead atoms. The van der Waals surface area contributed by atoms with Gasteiger partial charge < -0.3 is 70.7 Å². The van der Waals surface area contributed by atoms with Crippen molar-refractivity contribution in [3.8, 4) is 34.3 Å². The molecule has 43 heteroatoms. The number of nitrogens with zero attached hydrogens (tertiary/aromatic N) is 5. The number of benzene rings is 3. The monoisotopic (exact) mass is 1340 g/mol. The molecular formula is C43H50N11O25P3S4. The Hall–Kier alpha value is -6.50. The molecule has 2 aliphatic heterocycles. The van der Waals surface area contributed by atoms with Crippen LogP contribution in [0.4, 0.5) is 16.3 Å². The largest absolute Gasteiger partial charge is 0.490 e. The number of phosphoric ester groups is 1. The molecule has 3 amide bonds. The first-order valence-electron chi connectivity index (χ1n) is 24.1. The van der Waals surface area contributed by atoms with Crippen molar-refractivity contribution in [2.45, 2.75) is 53.9 Å². The average molecular weight is 1340 g/mol. The number of carboxylic acids is 1. The maximum atomic E-state index is 13.4. The fraction of sp³-hybridized carbons (Fsp3) is 0.349. The highest BCUT2D eigenvalue weighted by molar-refractivity contribution is 8.76. The minimum atomic E-state index is -5.84. The molecule has 3 aliphatic rings. The van der Waals surface area contributed by atoms with Crippen LogP contribution in [0.25, 0.3) is 43.9 Å². The summed E-state index contributed by atoms with van der Waals surface area (Å²) in [6, 6.07) is 7.35. The summed E-state index contributed by atoms with van der Waals surface area (Å²) in [5.74, 6) is 2.75. The first-order chi connectivity index (χ1) is 40.3. The Morgan fingerprint density at radius 1 is 0.930 bits per heavy atom. The second kappa shape index (κ2) is 29.5. The van der Waals surface area contributed by atoms with Gasteiger partial charge in [-0.3, -0.25) is 28.4 Å². The molecule has 36 nitrogen and oxygen atoms in total. The van der Waals surface area contributed by atoms with E-state index < -0.39 is 137 Å². The van der Waals surface area contributed by atoms with E-state index in [0.29, 0.717) is 38.2 Å². The molecule has 3 heterocycles. The number of aromatic carboxylic acids is 1. The SMILES string of the molecule is [N-]=[N+]=NCOC1C[C@H](n2cc(C#CCNC(=O)NCCCCCOCSSCCNC(=O)c3ccc(C(=O)O)c(-c4c5ccc(=N)c(S(=O)(=O)O)c-5oc5c(S(=O)(=O)O)c(N)ccc45)c3)c(N)nc2=O)O[C@@H]1COP(=O)(O)OP(=O)(O)OP(=O)(O)O. The number of nitrogen functional groups attached to an aromatic ring is 2. The van der Waals surface area contributed by atoms with E-state index in [1.165, 1.54) is 39.8 Å². The zero-order valence-corrected chi connectivity index (χ0v) is 49.6. The lowest BCUT2D eigenvalue weighted by molar-refractivity contribution is -0.0601. The van der Waals surface area contributed by atoms with Gasteiger partial charge in [0, 0.05) is 65.1 Å². The van der Waals surface area contributed by atoms with Gasteiger partial charge in [0.2, 0.25) is 0 Å². The van der Waals surface area contributed by atoms with Gasteiger partial charge in [-0.2, -0.15) is 30.4 Å². The van der Waals surface area contributed by atoms with E-state index in [0.717, 1.165) is 35.0 Å². The number of ether oxygens (including phenoxy) is 3. The van der Waals surface area contributed by atoms with Crippen LogP contribution in [0, 0.1) is 17.3 Å². The number of hydrogen-bond donors (Lipinski definition) is 13. The van der Waals surface area contributed by atoms with E-state index in [1.807, 2.05) is 0 Å². The Bertz CT molecular complexity index is 4010. The smallest absolute Gasteiger partial charge is 0.478 e. The van der Waals surface area contributed by atoms with Crippen LogP contribution in [0.3, 0.4) is 0 Å². The Labute approximate surface area is 492 Å². The zero-order valence-electron chi connectivity index (χ0n) is 43.7. The quantitative estimate of drug-likeness (QED) is 0.00278. The molecule has 1 fully saturated rings. The number of aromatic nitrogens is 2. The summed E-state index contributed by atoms with van der Waals surface area (Å²) in [6.45, 7) is -0.919. The number of carbonyl (C=O) groups excluding carboxylic acids is 2. The van der Waals surface area contributed by atoms with E-state index in [4.69, 9.17) is 50.8 Å². The van der Waals surface area contributed by atoms with Crippen LogP contribution in [-0.2, 0) is 61.3 Å². The third-order valence-corrected chi connectivity index (χ3v) is 19.2. The number of rotatable bonds is 29. The van der Waals surface area contributed by atoms with Gasteiger partial charge in [0.25, 0.3) is 26.1 Å². The van der Waals surface area contributed by atoms with Crippen LogP contribution in [0.15, 0.2) is 72.8 Å². The second-order valence-corrected chi connectivity index (χ2v) is 27.1. The molecule has 1 aliphatic carbocycles. The van der Waals surface area contributed by atoms with Crippen LogP contribution in [-0.4, -0.2) is 142 Å². The van der Waals surface area contributed by atoms with Gasteiger partial charge in [0.1, 0.15) is 30.8 Å². The number of phosphoric acid groups is 3. The topological polar surface area (TPSA) is 576 Å². The number of nitrogens with two attached hydrogens (primary N) is 2. The number of anilines is 2. The Morgan fingerprint density at radius 3 is 2.35 bits per heavy atom. The minimum absolute atomic E-state index is 0.00238. The Balaban J connectivity index is 0.916. The van der Waals surface area contributed by atoms with Crippen molar-refractivity contribution in [1.82, 2.24) is 25.5 Å². The third-order valence-electron chi connectivity index (χ3n) is 11.5. The minimum Gasteiger partial charge on any atom is -0.478 e. The first-order valence-corrected chi connectivity index (χ1v) is 33.9. The van der Waals surface area contributed by atoms with Crippen molar-refractivity contribution in [2.75, 3.05) is 62.7 Å². The van der Waals surface area contributed by atoms with Gasteiger partial charge in [-0.15, -0.1) is 0 Å². The predicted molar refractivity (Wildman–Crippen MR) is 301 cm³/mol. The molecule has 0 saturated carbocycles. The molecule has 1 aromatic heterocycles. The maximum Gasteiger partial charge on any atom is 0.490 e. The Kier molecular flexibility index (Phi) is 23.5. The van der Waals surface area contributed by atoms with Crippen LogP contribution in [0.5, 0.6) is 0 Å². The normalized spacial score (nSPS) is 16.7. The summed E-state index contributed by atoms with van der Waals surface area (Å²) in [5.41, 5.74) is 17.0. The third kappa shape index (κ3) is 19.0. The number of unbranched alkanes of at least 4 members (excludes halogenated alkanes) is 2. The lowest BCUT2D eigenvalue weighted by Crippen LogP contribution is -2.36. The molecule has 6 rings (SSSR count). The fourth-order valence-corrected chi connectivity index (χ4v) is 14.1. The second-order valence-electron chi connectivity index (χ2n) is 17.4. The van der Waals surface area contributed by atoms with Gasteiger partial charge in [0.15, 0.2) is 21.1 Å². The summed E-state index contributed by atoms with van der Waals surface area (Å²) in [4.78, 5) is 92.2. The number of hydrogen-bond acceptors (Lipinski definition) is 25. The number of azide groups is 1. The van der Waals surface area contributed by atoms with Crippen LogP contribution >= 0.6 is 45.1 Å². The average Bonchev–Trinajstić information content (AvgIpc) is 1.01. The lowest BCUT2D eigenvalue weighted by Gasteiger charge is -2.21. The van der Waals surface area contributed by atoms with Crippen molar-refractivity contribution >= 4 is 106 Å². The number of amides is 3. The molecule has 86 heavy (non-hydrogen) atoms. The molecule has 0 radical (unpaired) electrons. The van der Waals surface area contributed by atoms with Crippen molar-refractivity contribution in [2.24, 2.45) is 5.11 Å². The standard InChI is InChI=1S/C43H50N11O25P3S4/c44-29-10-8-26-34(27-9-11-30(45)38(86(70,71)72)36(27)77-35(26)37(29)85(67,68)69)28-17-23(6-7-25(28)41(56)57)40(55)48-14-16-83-84-22-73-15-3-1-2-12-49-42(58)50-13-4-5-24-19-54(43(59)52-39(24)46)33-18-31(74-21-51-53-47)32(76-33)20-75-81(63,64)79-82(65,66)78-80(60,61)62/h6-11,17,19,31-33,44H,1-3,12-16,18,20-22,45H2,(H,48,55)(H,56,57)(H,63,64)(H,65,66)(H2,46,52,59)(H2,49,50,58)(H2,60,61,62)(H,67,68,69)(H,70,71,72)/t31?,32-,33-/m1/s1. The highest BCUT2D eigenvalue weighted by Crippen LogP contribution is 2.66. The Morgan fingerprint density at radius 2 is 1.66 bits per heavy atom. The molecule has 15 N–H and O–H groups in total. The van der Waals surface area contributed by atoms with Gasteiger partial charge in [-0.1, -0.05) is 38.5 Å². The van der Waals surface area contributed by atoms with Gasteiger partial charge in [0.05, 0.1) is 41.4 Å². The van der Waals surface area contributed by atoms with E-state index in [2.05, 4.69) is 55.9 Å². The highest BCUT2D eigenvalue weighted by atomic mass is 33.1. The summed E-state index contributed by atoms with van der Waals surface area (Å²) >= 11 is 0. The summed E-state index contributed by atoms with van der Waals surface area (Å²) in [7, 11) is -24.8. The molecular weight excluding hydrogens is 1290 g/mol. The van der Waals surface area contributed by atoms with Crippen LogP contribution < -0.4 is 38.5 Å². The van der Waals surface area contributed by atoms with Gasteiger partial charge in [-0.05, 0) is 72.8 Å². The van der Waals surface area contributed by atoms with Gasteiger partial charge >= 0.3 is 41.2 Å². The van der Waals surface area contributed by atoms with Crippen molar-refractivity contribution in [3.05, 3.63) is 91.6 Å². The molecule has 0 spiro atoms. The summed E-state index contributed by atoms with van der Waals surface area (Å²) in [6.07, 6.45) is -0.918. The van der Waals surface area contributed by atoms with Crippen LogP contribution in [0.2, 0.25) is 0 Å². The maximum absolute atomic E-state index is 13.4. The van der Waals surface area contributed by atoms with E-state index in [1.54, 1.807) is 0 Å². The number of carboxylic acid groups (broad SMARTS) is 1.